The number of rotatable bonds is 0. The maximum Gasteiger partial charge on any atom is 1.00 e. The van der Waals surface area contributed by atoms with Crippen molar-refractivity contribution < 1.29 is 18.9 Å². The molecule has 0 bridgehead atoms. The average molecular weight is 73.0 g/mol. The maximum absolute atomic E-state index is 6.31. The second-order valence-corrected chi connectivity index (χ2v) is 1.18. The second kappa shape index (κ2) is 2.19. The third kappa shape index (κ3) is 1.41. The molecule has 0 N–H and O–H groups in total. The minimum atomic E-state index is 0. The second-order valence-electron chi connectivity index (χ2n) is 1.18. The molecule has 0 aromatic rings. The SMILES string of the molecule is [C-]#[N+][C-]1CC1.[Li+]. The van der Waals surface area contributed by atoms with Gasteiger partial charge in [0.15, 0.2) is 0 Å². The molecule has 1 aliphatic rings. The zero-order valence-corrected chi connectivity index (χ0v) is 3.86. The Morgan fingerprint density at radius 2 is 2.00 bits per heavy atom. The molecule has 1 aliphatic carbocycles. The molecule has 0 heterocycles. The van der Waals surface area contributed by atoms with Crippen LogP contribution in [0.15, 0.2) is 0 Å². The summed E-state index contributed by atoms with van der Waals surface area (Å²) in [5.41, 5.74) is 0. The van der Waals surface area contributed by atoms with E-state index >= 15 is 0 Å². The van der Waals surface area contributed by atoms with Crippen molar-refractivity contribution in [3.63, 3.8) is 0 Å². The van der Waals surface area contributed by atoms with Gasteiger partial charge in [0, 0.05) is 0 Å². The van der Waals surface area contributed by atoms with Gasteiger partial charge in [0.05, 0.1) is 0 Å². The first-order valence-corrected chi connectivity index (χ1v) is 1.65. The van der Waals surface area contributed by atoms with E-state index in [1.54, 1.807) is 0 Å². The smallest absolute Gasteiger partial charge is 0.459 e. The Kier molecular flexibility index (Phi) is 2.17. The molecule has 1 nitrogen and oxygen atoms in total. The molecule has 1 saturated carbocycles. The molecular weight excluding hydrogens is 69.0 g/mol. The van der Waals surface area contributed by atoms with E-state index in [1.807, 2.05) is 0 Å². The van der Waals surface area contributed by atoms with Gasteiger partial charge in [0.2, 0.25) is 0 Å². The van der Waals surface area contributed by atoms with Gasteiger partial charge in [0.1, 0.15) is 0 Å². The molecule has 2 heteroatoms. The van der Waals surface area contributed by atoms with Gasteiger partial charge in [-0.3, -0.25) is 6.57 Å². The van der Waals surface area contributed by atoms with Crippen LogP contribution in [0.5, 0.6) is 0 Å². The molecule has 0 aromatic carbocycles. The van der Waals surface area contributed by atoms with Crippen LogP contribution in [0, 0.1) is 12.6 Å². The molecule has 1 fully saturated rings. The Bertz CT molecular complexity index is 70.1. The molecule has 0 radical (unpaired) electrons. The predicted molar refractivity (Wildman–Crippen MR) is 19.1 cm³/mol. The van der Waals surface area contributed by atoms with Gasteiger partial charge >= 0.3 is 18.9 Å². The zero-order valence-electron chi connectivity index (χ0n) is 3.86. The maximum atomic E-state index is 6.31. The molecule has 6 heavy (non-hydrogen) atoms. The fraction of sp³-hybridized carbons (Fsp3) is 0.500. The molecule has 1 rings (SSSR count). The molecule has 0 atom stereocenters. The van der Waals surface area contributed by atoms with Crippen LogP contribution in [-0.2, 0) is 0 Å². The van der Waals surface area contributed by atoms with Crippen molar-refractivity contribution in [1.29, 1.82) is 0 Å². The quantitative estimate of drug-likeness (QED) is 0.236. The predicted octanol–water partition coefficient (Wildman–Crippen LogP) is -1.76. The minimum Gasteiger partial charge on any atom is -0.459 e. The van der Waals surface area contributed by atoms with Crippen molar-refractivity contribution in [2.24, 2.45) is 0 Å². The van der Waals surface area contributed by atoms with E-state index in [-0.39, 0.29) is 18.9 Å². The Hall–Kier alpha value is -0.0426. The molecule has 0 spiro atoms. The van der Waals surface area contributed by atoms with E-state index in [2.05, 4.69) is 4.85 Å². The van der Waals surface area contributed by atoms with E-state index in [0.29, 0.717) is 0 Å². The number of hydrogen-bond donors (Lipinski definition) is 0. The van der Waals surface area contributed by atoms with Crippen LogP contribution in [0.2, 0.25) is 0 Å². The third-order valence-electron chi connectivity index (χ3n) is 0.632. The van der Waals surface area contributed by atoms with Crippen LogP contribution >= 0.6 is 0 Å². The number of nitrogens with zero attached hydrogens (tertiary/aromatic N) is 1. The van der Waals surface area contributed by atoms with E-state index in [0.717, 1.165) is 18.9 Å². The largest absolute Gasteiger partial charge is 1.00 e. The van der Waals surface area contributed by atoms with Crippen LogP contribution in [-0.4, -0.2) is 0 Å². The van der Waals surface area contributed by atoms with Crippen molar-refractivity contribution in [2.45, 2.75) is 12.8 Å². The fourth-order valence-electron chi connectivity index (χ4n) is 0.168. The molecule has 0 aromatic heterocycles. The first-order valence-electron chi connectivity index (χ1n) is 1.65. The minimum absolute atomic E-state index is 0. The Balaban J connectivity index is 0.000000250. The van der Waals surface area contributed by atoms with Gasteiger partial charge in [0.25, 0.3) is 0 Å². The monoisotopic (exact) mass is 73.1 g/mol. The molecule has 0 unspecified atom stereocenters. The standard InChI is InChI=1S/C4H4N.Li/c1-5-4-2-3-4;/h2-3H2;/q-1;+1. The molecule has 0 aliphatic heterocycles. The van der Waals surface area contributed by atoms with Crippen LogP contribution in [0.3, 0.4) is 0 Å². The summed E-state index contributed by atoms with van der Waals surface area (Å²) >= 11 is 0. The van der Waals surface area contributed by atoms with Crippen LogP contribution in [0.25, 0.3) is 4.85 Å². The normalized spacial score (nSPS) is 14.8. The van der Waals surface area contributed by atoms with Crippen molar-refractivity contribution in [2.75, 3.05) is 0 Å². The molecular formula is C4H4LiN. The van der Waals surface area contributed by atoms with Gasteiger partial charge in [-0.1, -0.05) is 0 Å². The third-order valence-corrected chi connectivity index (χ3v) is 0.632. The van der Waals surface area contributed by atoms with Crippen LogP contribution in [0.4, 0.5) is 0 Å². The first kappa shape index (κ1) is 5.96. The summed E-state index contributed by atoms with van der Waals surface area (Å²) < 4.78 is 0. The first-order chi connectivity index (χ1) is 2.43. The molecule has 26 valence electrons. The van der Waals surface area contributed by atoms with Gasteiger partial charge in [-0.2, -0.15) is 0 Å². The summed E-state index contributed by atoms with van der Waals surface area (Å²) in [6, 6.07) is 1.05. The number of hydrogen-bond acceptors (Lipinski definition) is 0. The van der Waals surface area contributed by atoms with Gasteiger partial charge in [-0.25, -0.2) is 0 Å². The van der Waals surface area contributed by atoms with Gasteiger partial charge < -0.3 is 4.85 Å². The average Bonchev–Trinajstić information content (AvgIpc) is 2.12. The Morgan fingerprint density at radius 3 is 2.00 bits per heavy atom. The Morgan fingerprint density at radius 1 is 1.50 bits per heavy atom. The summed E-state index contributed by atoms with van der Waals surface area (Å²) in [6.07, 6.45) is 2.15. The van der Waals surface area contributed by atoms with Crippen molar-refractivity contribution >= 4 is 0 Å². The van der Waals surface area contributed by atoms with Crippen molar-refractivity contribution in [3.05, 3.63) is 17.5 Å². The topological polar surface area (TPSA) is 4.36 Å². The summed E-state index contributed by atoms with van der Waals surface area (Å²) in [6.45, 7) is 6.31. The van der Waals surface area contributed by atoms with Gasteiger partial charge in [-0.15, -0.1) is 12.8 Å². The molecule has 0 saturated heterocycles. The van der Waals surface area contributed by atoms with E-state index in [4.69, 9.17) is 6.57 Å². The molecule has 0 amide bonds. The van der Waals surface area contributed by atoms with E-state index < -0.39 is 0 Å². The van der Waals surface area contributed by atoms with E-state index in [9.17, 15) is 0 Å². The van der Waals surface area contributed by atoms with Gasteiger partial charge in [-0.05, 0) is 6.04 Å². The Labute approximate surface area is 49.7 Å². The zero-order chi connectivity index (χ0) is 3.70. The van der Waals surface area contributed by atoms with Crippen LogP contribution < -0.4 is 18.9 Å². The fourth-order valence-corrected chi connectivity index (χ4v) is 0.168. The van der Waals surface area contributed by atoms with Crippen molar-refractivity contribution in [1.82, 2.24) is 0 Å². The summed E-state index contributed by atoms with van der Waals surface area (Å²) in [5, 5.41) is 0. The van der Waals surface area contributed by atoms with Crippen molar-refractivity contribution in [3.8, 4) is 0 Å². The van der Waals surface area contributed by atoms with Crippen LogP contribution in [0.1, 0.15) is 12.8 Å². The summed E-state index contributed by atoms with van der Waals surface area (Å²) in [4.78, 5) is 3.17. The van der Waals surface area contributed by atoms with E-state index in [1.165, 1.54) is 0 Å². The summed E-state index contributed by atoms with van der Waals surface area (Å²) in [5.74, 6) is 0. The summed E-state index contributed by atoms with van der Waals surface area (Å²) in [7, 11) is 0.